The van der Waals surface area contributed by atoms with Crippen molar-refractivity contribution in [2.75, 3.05) is 13.2 Å². The van der Waals surface area contributed by atoms with Crippen molar-refractivity contribution < 1.29 is 22.6 Å². The zero-order chi connectivity index (χ0) is 6.62. The molecule has 0 radical (unpaired) electrons. The third kappa shape index (κ3) is 6.01. The predicted octanol–water partition coefficient (Wildman–Crippen LogP) is 1.04. The highest BCUT2D eigenvalue weighted by Crippen LogP contribution is 2.49. The molecule has 0 spiro atoms. The number of aliphatic hydroxyl groups excluding tert-OH is 1. The summed E-state index contributed by atoms with van der Waals surface area (Å²) < 4.78 is 34.9. The van der Waals surface area contributed by atoms with Gasteiger partial charge in [0.2, 0.25) is 0 Å². The Hall–Kier alpha value is 0.01000. The molecule has 0 saturated heterocycles. The number of hydrogen-bond donors (Lipinski definition) is 1. The summed E-state index contributed by atoms with van der Waals surface area (Å²) in [7, 11) is -5.34. The van der Waals surface area contributed by atoms with Crippen molar-refractivity contribution in [1.29, 1.82) is 0 Å². The van der Waals surface area contributed by atoms with Gasteiger partial charge in [-0.2, -0.15) is 0 Å². The topological polar surface area (TPSA) is 46.5 Å². The first-order valence-electron chi connectivity index (χ1n) is 1.81. The molecular weight excluding hydrogens is 141 g/mol. The van der Waals surface area contributed by atoms with E-state index in [9.17, 15) is 13.0 Å². The van der Waals surface area contributed by atoms with Crippen LogP contribution < -0.4 is 0 Å². The van der Waals surface area contributed by atoms with E-state index in [4.69, 9.17) is 5.11 Å². The van der Waals surface area contributed by atoms with Gasteiger partial charge in [-0.05, 0) is 0 Å². The highest BCUT2D eigenvalue weighted by molar-refractivity contribution is 7.47. The van der Waals surface area contributed by atoms with Gasteiger partial charge in [0.1, 0.15) is 0 Å². The summed E-state index contributed by atoms with van der Waals surface area (Å²) in [6.45, 7) is -1.12. The summed E-state index contributed by atoms with van der Waals surface area (Å²) in [5.74, 6) is 0. The van der Waals surface area contributed by atoms with Crippen molar-refractivity contribution in [3.8, 4) is 0 Å². The highest BCUT2D eigenvalue weighted by atomic mass is 31.2. The van der Waals surface area contributed by atoms with E-state index in [1.807, 2.05) is 0 Å². The molecule has 8 heavy (non-hydrogen) atoms. The minimum Gasteiger partial charge on any atom is -0.394 e. The molecule has 0 saturated carbocycles. The summed E-state index contributed by atoms with van der Waals surface area (Å²) in [5, 5.41) is 7.85. The van der Waals surface area contributed by atoms with Crippen LogP contribution in [0, 0.1) is 0 Å². The molecule has 1 N–H and O–H groups in total. The molecule has 0 atom stereocenters. The van der Waals surface area contributed by atoms with Crippen LogP contribution in [-0.4, -0.2) is 18.3 Å². The molecule has 0 aliphatic carbocycles. The monoisotopic (exact) mass is 146 g/mol. The molecule has 0 unspecified atom stereocenters. The quantitative estimate of drug-likeness (QED) is 0.605. The Morgan fingerprint density at radius 2 is 2.12 bits per heavy atom. The van der Waals surface area contributed by atoms with Gasteiger partial charge in [0, 0.05) is 0 Å². The zero-order valence-electron chi connectivity index (χ0n) is 3.88. The number of hydrogen-bond acceptors (Lipinski definition) is 3. The Morgan fingerprint density at radius 1 is 1.62 bits per heavy atom. The van der Waals surface area contributed by atoms with Gasteiger partial charge in [0.15, 0.2) is 0 Å². The molecule has 0 aliphatic rings. The van der Waals surface area contributed by atoms with Crippen LogP contribution in [0.25, 0.3) is 0 Å². The van der Waals surface area contributed by atoms with Gasteiger partial charge in [0.25, 0.3) is 0 Å². The average molecular weight is 146 g/mol. The molecule has 0 aromatic carbocycles. The van der Waals surface area contributed by atoms with E-state index < -0.39 is 21.2 Å². The van der Waals surface area contributed by atoms with Crippen LogP contribution in [0.15, 0.2) is 0 Å². The van der Waals surface area contributed by atoms with Crippen LogP contribution in [0.5, 0.6) is 0 Å². The van der Waals surface area contributed by atoms with Crippen LogP contribution >= 0.6 is 7.99 Å². The minimum atomic E-state index is -5.34. The first kappa shape index (κ1) is 8.01. The molecule has 0 aromatic heterocycles. The average Bonchev–Trinajstić information content (AvgIpc) is 1.59. The van der Waals surface area contributed by atoms with Crippen LogP contribution in [0.2, 0.25) is 0 Å². The summed E-state index contributed by atoms with van der Waals surface area (Å²) in [6.07, 6.45) is 0. The first-order valence-corrected chi connectivity index (χ1v) is 3.21. The number of halogens is 2. The van der Waals surface area contributed by atoms with E-state index in [1.165, 1.54) is 0 Å². The van der Waals surface area contributed by atoms with Gasteiger partial charge in [-0.15, -0.1) is 8.39 Å². The second-order valence-electron chi connectivity index (χ2n) is 0.971. The Kier molecular flexibility index (Phi) is 3.12. The Balaban J connectivity index is 3.26. The lowest BCUT2D eigenvalue weighted by atomic mass is 10.8. The van der Waals surface area contributed by atoms with Crippen LogP contribution in [0.3, 0.4) is 0 Å². The molecule has 0 amide bonds. The molecule has 0 aromatic rings. The van der Waals surface area contributed by atoms with Gasteiger partial charge in [-0.25, -0.2) is 4.57 Å². The van der Waals surface area contributed by atoms with Crippen LogP contribution in [0.4, 0.5) is 8.39 Å². The van der Waals surface area contributed by atoms with E-state index in [0.29, 0.717) is 0 Å². The number of rotatable bonds is 3. The van der Waals surface area contributed by atoms with Gasteiger partial charge >= 0.3 is 7.99 Å². The van der Waals surface area contributed by atoms with Gasteiger partial charge in [-0.1, -0.05) is 0 Å². The maximum atomic E-state index is 11.1. The fourth-order valence-electron chi connectivity index (χ4n) is 0.147. The normalized spacial score (nSPS) is 11.9. The fourth-order valence-corrected chi connectivity index (χ4v) is 0.441. The molecule has 0 heterocycles. The largest absolute Gasteiger partial charge is 0.552 e. The molecular formula is C2H5F2O3P. The summed E-state index contributed by atoms with van der Waals surface area (Å²) in [5.41, 5.74) is 0. The predicted molar refractivity (Wildman–Crippen MR) is 22.9 cm³/mol. The molecule has 6 heteroatoms. The standard InChI is InChI=1S/C2H5F2O3P/c3-8(4,6)7-2-1-5/h5H,1-2H2. The van der Waals surface area contributed by atoms with Crippen LogP contribution in [0.1, 0.15) is 0 Å². The SMILES string of the molecule is O=P(F)(F)OCCO. The van der Waals surface area contributed by atoms with Crippen molar-refractivity contribution in [2.45, 2.75) is 0 Å². The lowest BCUT2D eigenvalue weighted by Crippen LogP contribution is -1.92. The van der Waals surface area contributed by atoms with E-state index in [-0.39, 0.29) is 0 Å². The third-order valence-corrected chi connectivity index (χ3v) is 0.816. The van der Waals surface area contributed by atoms with Crippen molar-refractivity contribution in [3.63, 3.8) is 0 Å². The summed E-state index contributed by atoms with van der Waals surface area (Å²) in [6, 6.07) is 0. The summed E-state index contributed by atoms with van der Waals surface area (Å²) in [4.78, 5) is 0. The molecule has 0 aliphatic heterocycles. The first-order chi connectivity index (χ1) is 3.56. The zero-order valence-corrected chi connectivity index (χ0v) is 4.78. The smallest absolute Gasteiger partial charge is 0.394 e. The van der Waals surface area contributed by atoms with Gasteiger partial charge in [-0.3, -0.25) is 4.52 Å². The second kappa shape index (κ2) is 3.12. The van der Waals surface area contributed by atoms with Gasteiger partial charge < -0.3 is 5.11 Å². The molecule has 50 valence electrons. The third-order valence-electron chi connectivity index (χ3n) is 0.333. The molecule has 3 nitrogen and oxygen atoms in total. The second-order valence-corrected chi connectivity index (χ2v) is 2.06. The number of aliphatic hydroxyl groups is 1. The summed E-state index contributed by atoms with van der Waals surface area (Å²) >= 11 is 0. The lowest BCUT2D eigenvalue weighted by Gasteiger charge is -1.95. The van der Waals surface area contributed by atoms with Crippen molar-refractivity contribution in [1.82, 2.24) is 0 Å². The molecule has 0 rings (SSSR count). The van der Waals surface area contributed by atoms with E-state index >= 15 is 0 Å². The fraction of sp³-hybridized carbons (Fsp3) is 1.00. The Labute approximate surface area is 45.0 Å². The highest BCUT2D eigenvalue weighted by Gasteiger charge is 2.18. The van der Waals surface area contributed by atoms with Crippen molar-refractivity contribution in [2.24, 2.45) is 0 Å². The van der Waals surface area contributed by atoms with Gasteiger partial charge in [0.05, 0.1) is 13.2 Å². The minimum absolute atomic E-state index is 0.544. The van der Waals surface area contributed by atoms with E-state index in [2.05, 4.69) is 4.52 Å². The molecule has 0 fully saturated rings. The van der Waals surface area contributed by atoms with E-state index in [0.717, 1.165) is 0 Å². The van der Waals surface area contributed by atoms with Crippen molar-refractivity contribution in [3.05, 3.63) is 0 Å². The Bertz CT molecular complexity index is 99.5. The van der Waals surface area contributed by atoms with Crippen molar-refractivity contribution >= 4 is 7.99 Å². The Morgan fingerprint density at radius 3 is 2.25 bits per heavy atom. The lowest BCUT2D eigenvalue weighted by molar-refractivity contribution is 0.180. The van der Waals surface area contributed by atoms with Crippen LogP contribution in [-0.2, 0) is 9.09 Å². The molecule has 0 bridgehead atoms. The maximum Gasteiger partial charge on any atom is 0.552 e. The maximum absolute atomic E-state index is 11.1. The van der Waals surface area contributed by atoms with E-state index in [1.54, 1.807) is 0 Å².